The molecule has 1 amide bonds. The molecule has 1 atom stereocenters. The van der Waals surface area contributed by atoms with E-state index >= 15 is 0 Å². The number of rotatable bonds is 8. The molecular weight excluding hydrogens is 318 g/mol. The van der Waals surface area contributed by atoms with Gasteiger partial charge in [-0.05, 0) is 39.9 Å². The summed E-state index contributed by atoms with van der Waals surface area (Å²) in [6, 6.07) is -0.951. The van der Waals surface area contributed by atoms with E-state index in [9.17, 15) is 14.7 Å². The maximum absolute atomic E-state index is 11.7. The average molecular weight is 343 g/mol. The fourth-order valence-corrected chi connectivity index (χ4v) is 2.83. The molecular formula is C15H25N3O4S. The van der Waals surface area contributed by atoms with E-state index in [2.05, 4.69) is 10.3 Å². The Kier molecular flexibility index (Phi) is 7.41. The molecule has 1 aromatic heterocycles. The minimum atomic E-state index is -1.06. The van der Waals surface area contributed by atoms with Crippen LogP contribution >= 0.6 is 11.8 Å². The van der Waals surface area contributed by atoms with Crippen molar-refractivity contribution in [3.8, 4) is 0 Å². The Balaban J connectivity index is 2.39. The predicted octanol–water partition coefficient (Wildman–Crippen LogP) is 2.50. The van der Waals surface area contributed by atoms with Crippen LogP contribution in [0, 0.1) is 0 Å². The van der Waals surface area contributed by atoms with Crippen LogP contribution in [0.15, 0.2) is 12.5 Å². The number of carboxylic acids is 1. The van der Waals surface area contributed by atoms with Gasteiger partial charge in [0.1, 0.15) is 11.6 Å². The van der Waals surface area contributed by atoms with E-state index in [-0.39, 0.29) is 0 Å². The van der Waals surface area contributed by atoms with Crippen LogP contribution in [0.3, 0.4) is 0 Å². The van der Waals surface area contributed by atoms with E-state index in [0.717, 1.165) is 18.0 Å². The number of alkyl carbamates (subject to hydrolysis) is 1. The molecule has 0 aliphatic carbocycles. The predicted molar refractivity (Wildman–Crippen MR) is 89.5 cm³/mol. The molecule has 0 fully saturated rings. The number of carboxylic acid groups (broad SMARTS) is 1. The van der Waals surface area contributed by atoms with E-state index in [1.165, 1.54) is 0 Å². The molecule has 0 aliphatic rings. The number of aliphatic carboxylic acids is 1. The zero-order chi connectivity index (χ0) is 17.5. The minimum Gasteiger partial charge on any atom is -0.480 e. The highest BCUT2D eigenvalue weighted by molar-refractivity contribution is 7.98. The van der Waals surface area contributed by atoms with Crippen LogP contribution < -0.4 is 5.32 Å². The van der Waals surface area contributed by atoms with Gasteiger partial charge in [-0.25, -0.2) is 14.6 Å². The second kappa shape index (κ2) is 8.81. The fraction of sp³-hybridized carbons (Fsp3) is 0.667. The number of aromatic nitrogens is 2. The summed E-state index contributed by atoms with van der Waals surface area (Å²) >= 11 is 1.61. The van der Waals surface area contributed by atoms with Crippen molar-refractivity contribution in [1.82, 2.24) is 14.9 Å². The highest BCUT2D eigenvalue weighted by atomic mass is 32.2. The normalized spacial score (nSPS) is 12.7. The van der Waals surface area contributed by atoms with E-state index in [1.807, 2.05) is 17.7 Å². The Morgan fingerprint density at radius 1 is 1.48 bits per heavy atom. The lowest BCUT2D eigenvalue weighted by molar-refractivity contribution is -0.139. The highest BCUT2D eigenvalue weighted by Gasteiger charge is 2.23. The van der Waals surface area contributed by atoms with Gasteiger partial charge in [-0.3, -0.25) is 0 Å². The number of carbonyl (C=O) groups excluding carboxylic acids is 1. The number of nitrogens with zero attached hydrogens (tertiary/aromatic N) is 2. The highest BCUT2D eigenvalue weighted by Crippen LogP contribution is 2.14. The van der Waals surface area contributed by atoms with Gasteiger partial charge < -0.3 is 19.7 Å². The van der Waals surface area contributed by atoms with Crippen LogP contribution in [0.25, 0.3) is 0 Å². The Morgan fingerprint density at radius 3 is 2.74 bits per heavy atom. The first-order chi connectivity index (χ1) is 10.7. The number of nitrogens with one attached hydrogen (secondary N) is 1. The van der Waals surface area contributed by atoms with E-state index in [4.69, 9.17) is 4.74 Å². The third kappa shape index (κ3) is 7.40. The molecule has 1 aromatic rings. The maximum atomic E-state index is 11.7. The van der Waals surface area contributed by atoms with Gasteiger partial charge in [-0.15, -0.1) is 0 Å². The summed E-state index contributed by atoms with van der Waals surface area (Å²) in [6.45, 7) is 8.09. The summed E-state index contributed by atoms with van der Waals surface area (Å²) in [6.07, 6.45) is 3.21. The molecule has 2 N–H and O–H groups in total. The Morgan fingerprint density at radius 2 is 2.17 bits per heavy atom. The molecule has 23 heavy (non-hydrogen) atoms. The van der Waals surface area contributed by atoms with Crippen molar-refractivity contribution in [1.29, 1.82) is 0 Å². The lowest BCUT2D eigenvalue weighted by Gasteiger charge is -2.21. The second-order valence-electron chi connectivity index (χ2n) is 6.05. The van der Waals surface area contributed by atoms with Gasteiger partial charge in [0.15, 0.2) is 0 Å². The van der Waals surface area contributed by atoms with E-state index in [0.29, 0.717) is 12.2 Å². The first kappa shape index (κ1) is 19.3. The standard InChI is InChI=1S/C15H25N3O4S/c1-5-18-10-16-8-11(18)9-23-7-6-12(13(19)20)17-14(21)22-15(2,3)4/h8,10,12H,5-7,9H2,1-4H3,(H,17,21)(H,19,20). The summed E-state index contributed by atoms with van der Waals surface area (Å²) in [5, 5.41) is 11.6. The first-order valence-electron chi connectivity index (χ1n) is 7.52. The van der Waals surface area contributed by atoms with Gasteiger partial charge in [0, 0.05) is 24.2 Å². The molecule has 0 radical (unpaired) electrons. The lowest BCUT2D eigenvalue weighted by Crippen LogP contribution is -2.43. The summed E-state index contributed by atoms with van der Waals surface area (Å²) in [4.78, 5) is 27.0. The molecule has 0 saturated carbocycles. The number of amides is 1. The van der Waals surface area contributed by atoms with Gasteiger partial charge >= 0.3 is 12.1 Å². The molecule has 7 nitrogen and oxygen atoms in total. The van der Waals surface area contributed by atoms with Gasteiger partial charge in [0.05, 0.1) is 6.33 Å². The van der Waals surface area contributed by atoms with Crippen molar-refractivity contribution in [2.24, 2.45) is 0 Å². The van der Waals surface area contributed by atoms with Gasteiger partial charge in [-0.1, -0.05) is 0 Å². The van der Waals surface area contributed by atoms with Crippen molar-refractivity contribution in [3.63, 3.8) is 0 Å². The summed E-state index contributed by atoms with van der Waals surface area (Å²) in [7, 11) is 0. The SMILES string of the molecule is CCn1cncc1CSCCC(NC(=O)OC(C)(C)C)C(=O)O. The van der Waals surface area contributed by atoms with Crippen LogP contribution in [-0.2, 0) is 21.8 Å². The minimum absolute atomic E-state index is 0.333. The second-order valence-corrected chi connectivity index (χ2v) is 7.15. The molecule has 0 spiro atoms. The smallest absolute Gasteiger partial charge is 0.408 e. The maximum Gasteiger partial charge on any atom is 0.408 e. The molecule has 0 aliphatic heterocycles. The number of hydrogen-bond donors (Lipinski definition) is 2. The van der Waals surface area contributed by atoms with Gasteiger partial charge in [0.25, 0.3) is 0 Å². The molecule has 0 aromatic carbocycles. The fourth-order valence-electron chi connectivity index (χ4n) is 1.84. The average Bonchev–Trinajstić information content (AvgIpc) is 2.87. The molecule has 1 rings (SSSR count). The van der Waals surface area contributed by atoms with Crippen molar-refractivity contribution in [3.05, 3.63) is 18.2 Å². The van der Waals surface area contributed by atoms with Crippen molar-refractivity contribution >= 4 is 23.8 Å². The van der Waals surface area contributed by atoms with Crippen molar-refractivity contribution in [2.45, 2.75) is 58.1 Å². The third-order valence-corrected chi connectivity index (χ3v) is 3.95. The number of ether oxygens (including phenoxy) is 1. The topological polar surface area (TPSA) is 93.5 Å². The summed E-state index contributed by atoms with van der Waals surface area (Å²) in [5.74, 6) is 0.309. The number of aryl methyl sites for hydroxylation is 1. The number of carbonyl (C=O) groups is 2. The van der Waals surface area contributed by atoms with E-state index < -0.39 is 23.7 Å². The van der Waals surface area contributed by atoms with E-state index in [1.54, 1.807) is 38.9 Å². The van der Waals surface area contributed by atoms with Crippen LogP contribution in [-0.4, -0.2) is 44.1 Å². The third-order valence-electron chi connectivity index (χ3n) is 2.93. The van der Waals surface area contributed by atoms with Crippen molar-refractivity contribution < 1.29 is 19.4 Å². The number of hydrogen-bond acceptors (Lipinski definition) is 5. The van der Waals surface area contributed by atoms with Crippen LogP contribution in [0.4, 0.5) is 4.79 Å². The molecule has 0 saturated heterocycles. The zero-order valence-corrected chi connectivity index (χ0v) is 14.9. The Hall–Kier alpha value is -1.70. The monoisotopic (exact) mass is 343 g/mol. The largest absolute Gasteiger partial charge is 0.480 e. The van der Waals surface area contributed by atoms with Crippen LogP contribution in [0.2, 0.25) is 0 Å². The molecule has 1 heterocycles. The van der Waals surface area contributed by atoms with Crippen LogP contribution in [0.1, 0.15) is 39.8 Å². The molecule has 1 unspecified atom stereocenters. The zero-order valence-electron chi connectivity index (χ0n) is 14.0. The first-order valence-corrected chi connectivity index (χ1v) is 8.67. The van der Waals surface area contributed by atoms with Gasteiger partial charge in [0.2, 0.25) is 0 Å². The molecule has 8 heteroatoms. The van der Waals surface area contributed by atoms with Crippen LogP contribution in [0.5, 0.6) is 0 Å². The quantitative estimate of drug-likeness (QED) is 0.705. The molecule has 130 valence electrons. The molecule has 0 bridgehead atoms. The van der Waals surface area contributed by atoms with Gasteiger partial charge in [-0.2, -0.15) is 11.8 Å². The summed E-state index contributed by atoms with van der Waals surface area (Å²) in [5.41, 5.74) is 0.449. The Bertz CT molecular complexity index is 525. The number of imidazole rings is 1. The number of thioether (sulfide) groups is 1. The van der Waals surface area contributed by atoms with Crippen molar-refractivity contribution in [2.75, 3.05) is 5.75 Å². The lowest BCUT2D eigenvalue weighted by atomic mass is 10.2. The Labute approximate surface area is 140 Å². The summed E-state index contributed by atoms with van der Waals surface area (Å²) < 4.78 is 7.12.